The normalized spacial score (nSPS) is 21.0. The summed E-state index contributed by atoms with van der Waals surface area (Å²) in [6.45, 7) is 4.75. The third kappa shape index (κ3) is 5.24. The zero-order valence-electron chi connectivity index (χ0n) is 11.3. The largest absolute Gasteiger partial charge is 0.356 e. The summed E-state index contributed by atoms with van der Waals surface area (Å²) in [5.41, 5.74) is 0. The van der Waals surface area contributed by atoms with Gasteiger partial charge in [-0.1, -0.05) is 6.92 Å². The molecule has 0 radical (unpaired) electrons. The number of amides is 1. The molecule has 0 saturated carbocycles. The summed E-state index contributed by atoms with van der Waals surface area (Å²) < 4.78 is 2.04. The van der Waals surface area contributed by atoms with Gasteiger partial charge in [0.15, 0.2) is 0 Å². The minimum atomic E-state index is 0.150. The molecule has 0 spiro atoms. The standard InChI is InChI=1S/C13H22N4OS/c1-11(8-17-4-2-14-10-17)7-16-13(18)6-12-9-19-5-3-15-12/h2,4,10-12,15H,3,5-9H2,1H3,(H,16,18). The highest BCUT2D eigenvalue weighted by atomic mass is 32.2. The fourth-order valence-corrected chi connectivity index (χ4v) is 3.10. The second kappa shape index (κ2) is 7.55. The molecule has 0 aliphatic carbocycles. The van der Waals surface area contributed by atoms with Crippen molar-refractivity contribution in [3.8, 4) is 0 Å². The Bertz CT molecular complexity index is 376. The molecule has 2 unspecified atom stereocenters. The Morgan fingerprint density at radius 1 is 1.68 bits per heavy atom. The van der Waals surface area contributed by atoms with E-state index >= 15 is 0 Å². The number of carbonyl (C=O) groups is 1. The highest BCUT2D eigenvalue weighted by Gasteiger charge is 2.16. The van der Waals surface area contributed by atoms with Crippen LogP contribution in [0.3, 0.4) is 0 Å². The number of nitrogens with one attached hydrogen (secondary N) is 2. The predicted molar refractivity (Wildman–Crippen MR) is 78.1 cm³/mol. The number of hydrogen-bond donors (Lipinski definition) is 2. The second-order valence-electron chi connectivity index (χ2n) is 5.10. The average molecular weight is 282 g/mol. The average Bonchev–Trinajstić information content (AvgIpc) is 2.90. The Morgan fingerprint density at radius 2 is 2.58 bits per heavy atom. The van der Waals surface area contributed by atoms with Gasteiger partial charge in [0.05, 0.1) is 6.33 Å². The Morgan fingerprint density at radius 3 is 3.26 bits per heavy atom. The fourth-order valence-electron chi connectivity index (χ4n) is 2.15. The van der Waals surface area contributed by atoms with Gasteiger partial charge in [-0.15, -0.1) is 0 Å². The first-order valence-electron chi connectivity index (χ1n) is 6.77. The predicted octanol–water partition coefficient (Wildman–Crippen LogP) is 0.731. The summed E-state index contributed by atoms with van der Waals surface area (Å²) in [5, 5.41) is 6.40. The minimum Gasteiger partial charge on any atom is -0.356 e. The molecule has 1 fully saturated rings. The highest BCUT2D eigenvalue weighted by Crippen LogP contribution is 2.10. The minimum absolute atomic E-state index is 0.150. The molecule has 1 aliphatic rings. The zero-order valence-corrected chi connectivity index (χ0v) is 12.2. The lowest BCUT2D eigenvalue weighted by Gasteiger charge is -2.23. The van der Waals surface area contributed by atoms with Crippen molar-refractivity contribution in [2.45, 2.75) is 25.9 Å². The molecule has 0 aromatic carbocycles. The number of carbonyl (C=O) groups excluding carboxylic acids is 1. The van der Waals surface area contributed by atoms with E-state index in [1.54, 1.807) is 6.20 Å². The van der Waals surface area contributed by atoms with Crippen molar-refractivity contribution in [3.63, 3.8) is 0 Å². The molecule has 6 heteroatoms. The van der Waals surface area contributed by atoms with Gasteiger partial charge in [-0.05, 0) is 5.92 Å². The third-order valence-electron chi connectivity index (χ3n) is 3.16. The first kappa shape index (κ1) is 14.4. The van der Waals surface area contributed by atoms with Gasteiger partial charge in [0.25, 0.3) is 0 Å². The molecule has 19 heavy (non-hydrogen) atoms. The van der Waals surface area contributed by atoms with Crippen LogP contribution in [0.1, 0.15) is 13.3 Å². The molecule has 1 aromatic heterocycles. The van der Waals surface area contributed by atoms with Crippen LogP contribution < -0.4 is 10.6 Å². The van der Waals surface area contributed by atoms with Crippen LogP contribution in [-0.2, 0) is 11.3 Å². The number of hydrogen-bond acceptors (Lipinski definition) is 4. The summed E-state index contributed by atoms with van der Waals surface area (Å²) in [5.74, 6) is 2.75. The fraction of sp³-hybridized carbons (Fsp3) is 0.692. The summed E-state index contributed by atoms with van der Waals surface area (Å²) >= 11 is 1.92. The molecule has 5 nitrogen and oxygen atoms in total. The van der Waals surface area contributed by atoms with Gasteiger partial charge in [0.1, 0.15) is 0 Å². The quantitative estimate of drug-likeness (QED) is 0.807. The van der Waals surface area contributed by atoms with Crippen LogP contribution in [-0.4, -0.2) is 46.1 Å². The monoisotopic (exact) mass is 282 g/mol. The van der Waals surface area contributed by atoms with Gasteiger partial charge in [-0.25, -0.2) is 4.98 Å². The van der Waals surface area contributed by atoms with E-state index in [4.69, 9.17) is 0 Å². The molecule has 2 N–H and O–H groups in total. The van der Waals surface area contributed by atoms with Gasteiger partial charge in [0, 0.05) is 56.0 Å². The van der Waals surface area contributed by atoms with E-state index in [9.17, 15) is 4.79 Å². The summed E-state index contributed by atoms with van der Waals surface area (Å²) in [6, 6.07) is 0.336. The molecule has 1 amide bonds. The van der Waals surface area contributed by atoms with Crippen LogP contribution in [0.4, 0.5) is 0 Å². The lowest BCUT2D eigenvalue weighted by Crippen LogP contribution is -2.42. The molecule has 106 valence electrons. The summed E-state index contributed by atoms with van der Waals surface area (Å²) in [7, 11) is 0. The summed E-state index contributed by atoms with van der Waals surface area (Å²) in [6.07, 6.45) is 6.12. The van der Waals surface area contributed by atoms with Crippen molar-refractivity contribution in [3.05, 3.63) is 18.7 Å². The number of rotatable bonds is 6. The number of thioether (sulfide) groups is 1. The SMILES string of the molecule is CC(CNC(=O)CC1CSCCN1)Cn1ccnc1. The van der Waals surface area contributed by atoms with E-state index in [0.29, 0.717) is 18.4 Å². The van der Waals surface area contributed by atoms with Crippen molar-refractivity contribution in [2.24, 2.45) is 5.92 Å². The van der Waals surface area contributed by atoms with Gasteiger partial charge >= 0.3 is 0 Å². The zero-order chi connectivity index (χ0) is 13.5. The maximum atomic E-state index is 11.8. The van der Waals surface area contributed by atoms with Crippen molar-refractivity contribution in [1.29, 1.82) is 0 Å². The van der Waals surface area contributed by atoms with E-state index in [2.05, 4.69) is 22.5 Å². The van der Waals surface area contributed by atoms with Crippen LogP contribution in [0.15, 0.2) is 18.7 Å². The van der Waals surface area contributed by atoms with Crippen molar-refractivity contribution in [1.82, 2.24) is 20.2 Å². The first-order valence-corrected chi connectivity index (χ1v) is 7.93. The Balaban J connectivity index is 1.62. The lowest BCUT2D eigenvalue weighted by atomic mass is 10.1. The molecular weight excluding hydrogens is 260 g/mol. The molecule has 1 aliphatic heterocycles. The molecular formula is C13H22N4OS. The molecule has 2 heterocycles. The first-order chi connectivity index (χ1) is 9.24. The van der Waals surface area contributed by atoms with Crippen molar-refractivity contribution in [2.75, 3.05) is 24.6 Å². The van der Waals surface area contributed by atoms with E-state index in [0.717, 1.165) is 31.1 Å². The molecule has 1 aromatic rings. The van der Waals surface area contributed by atoms with Crippen molar-refractivity contribution >= 4 is 17.7 Å². The number of nitrogens with zero attached hydrogens (tertiary/aromatic N) is 2. The Labute approximate surface area is 118 Å². The van der Waals surface area contributed by atoms with Crippen LogP contribution in [0, 0.1) is 5.92 Å². The highest BCUT2D eigenvalue weighted by molar-refractivity contribution is 7.99. The molecule has 0 bridgehead atoms. The van der Waals surface area contributed by atoms with Gasteiger partial charge < -0.3 is 15.2 Å². The van der Waals surface area contributed by atoms with Crippen LogP contribution in [0.5, 0.6) is 0 Å². The van der Waals surface area contributed by atoms with Crippen LogP contribution in [0.25, 0.3) is 0 Å². The van der Waals surface area contributed by atoms with E-state index < -0.39 is 0 Å². The molecule has 1 saturated heterocycles. The number of aromatic nitrogens is 2. The Kier molecular flexibility index (Phi) is 5.72. The lowest BCUT2D eigenvalue weighted by molar-refractivity contribution is -0.121. The van der Waals surface area contributed by atoms with Crippen LogP contribution >= 0.6 is 11.8 Å². The second-order valence-corrected chi connectivity index (χ2v) is 6.25. The smallest absolute Gasteiger partial charge is 0.221 e. The van der Waals surface area contributed by atoms with Crippen molar-refractivity contribution < 1.29 is 4.79 Å². The van der Waals surface area contributed by atoms with Gasteiger partial charge in [-0.3, -0.25) is 4.79 Å². The Hall–Kier alpha value is -1.01. The van der Waals surface area contributed by atoms with Gasteiger partial charge in [-0.2, -0.15) is 11.8 Å². The molecule has 2 rings (SSSR count). The number of imidazole rings is 1. The van der Waals surface area contributed by atoms with E-state index in [1.165, 1.54) is 0 Å². The van der Waals surface area contributed by atoms with E-state index in [-0.39, 0.29) is 5.91 Å². The topological polar surface area (TPSA) is 59.0 Å². The van der Waals surface area contributed by atoms with E-state index in [1.807, 2.05) is 28.9 Å². The van der Waals surface area contributed by atoms with Gasteiger partial charge in [0.2, 0.25) is 5.91 Å². The maximum Gasteiger partial charge on any atom is 0.221 e. The maximum absolute atomic E-state index is 11.8. The summed E-state index contributed by atoms with van der Waals surface area (Å²) in [4.78, 5) is 15.9. The third-order valence-corrected chi connectivity index (χ3v) is 4.29. The van der Waals surface area contributed by atoms with Crippen LogP contribution in [0.2, 0.25) is 0 Å². The molecule has 2 atom stereocenters.